The minimum atomic E-state index is 0.664. The molecule has 0 fully saturated rings. The van der Waals surface area contributed by atoms with Crippen molar-refractivity contribution in [2.75, 3.05) is 5.32 Å². The van der Waals surface area contributed by atoms with E-state index in [1.165, 1.54) is 5.56 Å². The fourth-order valence-electron chi connectivity index (χ4n) is 2.02. The zero-order valence-corrected chi connectivity index (χ0v) is 11.3. The van der Waals surface area contributed by atoms with E-state index < -0.39 is 0 Å². The molecular formula is C16H16N4. The minimum Gasteiger partial charge on any atom is -0.379 e. The Balaban J connectivity index is 1.71. The lowest BCUT2D eigenvalue weighted by Gasteiger charge is -2.06. The number of aromatic nitrogens is 3. The molecule has 0 amide bonds. The van der Waals surface area contributed by atoms with Gasteiger partial charge in [0.1, 0.15) is 5.69 Å². The monoisotopic (exact) mass is 264 g/mol. The van der Waals surface area contributed by atoms with Crippen molar-refractivity contribution >= 4 is 5.69 Å². The molecule has 0 unspecified atom stereocenters. The maximum atomic E-state index is 4.47. The van der Waals surface area contributed by atoms with Gasteiger partial charge in [-0.05, 0) is 30.7 Å². The van der Waals surface area contributed by atoms with E-state index in [0.29, 0.717) is 6.54 Å². The van der Waals surface area contributed by atoms with E-state index in [0.717, 1.165) is 17.1 Å². The van der Waals surface area contributed by atoms with Crippen molar-refractivity contribution in [2.45, 2.75) is 13.5 Å². The van der Waals surface area contributed by atoms with E-state index in [4.69, 9.17) is 0 Å². The molecule has 0 atom stereocenters. The Bertz CT molecular complexity index is 688. The predicted octanol–water partition coefficient (Wildman–Crippen LogP) is 3.19. The number of rotatable bonds is 4. The largest absolute Gasteiger partial charge is 0.379 e. The summed E-state index contributed by atoms with van der Waals surface area (Å²) in [6.45, 7) is 2.75. The second-order valence-electron chi connectivity index (χ2n) is 4.63. The number of para-hydroxylation sites is 2. The third-order valence-electron chi connectivity index (χ3n) is 3.13. The van der Waals surface area contributed by atoms with Crippen LogP contribution in [0.4, 0.5) is 5.69 Å². The SMILES string of the molecule is Cc1ccccc1NCc1cnn(-c2ccccc2)n1. The minimum absolute atomic E-state index is 0.664. The van der Waals surface area contributed by atoms with E-state index in [1.54, 1.807) is 11.0 Å². The number of hydrogen-bond acceptors (Lipinski definition) is 3. The van der Waals surface area contributed by atoms with Gasteiger partial charge in [-0.2, -0.15) is 15.0 Å². The first-order chi connectivity index (χ1) is 9.83. The van der Waals surface area contributed by atoms with Crippen LogP contribution in [-0.2, 0) is 6.54 Å². The van der Waals surface area contributed by atoms with Crippen molar-refractivity contribution in [3.63, 3.8) is 0 Å². The Morgan fingerprint density at radius 2 is 1.75 bits per heavy atom. The molecule has 4 nitrogen and oxygen atoms in total. The van der Waals surface area contributed by atoms with Gasteiger partial charge >= 0.3 is 0 Å². The lowest BCUT2D eigenvalue weighted by atomic mass is 10.2. The van der Waals surface area contributed by atoms with Gasteiger partial charge in [0.2, 0.25) is 0 Å². The smallest absolute Gasteiger partial charge is 0.102 e. The lowest BCUT2D eigenvalue weighted by molar-refractivity contribution is 0.740. The summed E-state index contributed by atoms with van der Waals surface area (Å²) in [6, 6.07) is 18.1. The number of hydrogen-bond donors (Lipinski definition) is 1. The average molecular weight is 264 g/mol. The van der Waals surface area contributed by atoms with Crippen LogP contribution < -0.4 is 5.32 Å². The Kier molecular flexibility index (Phi) is 3.46. The summed E-state index contributed by atoms with van der Waals surface area (Å²) in [5, 5.41) is 12.1. The molecule has 0 aliphatic heterocycles. The van der Waals surface area contributed by atoms with Gasteiger partial charge in [0.25, 0.3) is 0 Å². The molecule has 1 heterocycles. The van der Waals surface area contributed by atoms with Crippen LogP contribution in [0, 0.1) is 6.92 Å². The number of anilines is 1. The van der Waals surface area contributed by atoms with Gasteiger partial charge in [-0.25, -0.2) is 0 Å². The third kappa shape index (κ3) is 2.69. The molecule has 0 radical (unpaired) electrons. The van der Waals surface area contributed by atoms with E-state index in [9.17, 15) is 0 Å². The molecule has 0 bridgehead atoms. The molecule has 0 saturated carbocycles. The highest BCUT2D eigenvalue weighted by Crippen LogP contribution is 2.14. The zero-order chi connectivity index (χ0) is 13.8. The van der Waals surface area contributed by atoms with Crippen molar-refractivity contribution in [1.82, 2.24) is 15.0 Å². The molecule has 0 aliphatic carbocycles. The molecule has 0 saturated heterocycles. The van der Waals surface area contributed by atoms with Crippen LogP contribution in [0.2, 0.25) is 0 Å². The van der Waals surface area contributed by atoms with E-state index in [2.05, 4.69) is 34.6 Å². The van der Waals surface area contributed by atoms with Crippen LogP contribution in [0.15, 0.2) is 60.8 Å². The second kappa shape index (κ2) is 5.57. The fraction of sp³-hybridized carbons (Fsp3) is 0.125. The van der Waals surface area contributed by atoms with Gasteiger partial charge in [0.05, 0.1) is 18.4 Å². The van der Waals surface area contributed by atoms with Crippen LogP contribution in [0.25, 0.3) is 5.69 Å². The van der Waals surface area contributed by atoms with Gasteiger partial charge < -0.3 is 5.32 Å². The summed E-state index contributed by atoms with van der Waals surface area (Å²) < 4.78 is 0. The molecular weight excluding hydrogens is 248 g/mol. The molecule has 4 heteroatoms. The highest BCUT2D eigenvalue weighted by atomic mass is 15.5. The van der Waals surface area contributed by atoms with E-state index >= 15 is 0 Å². The maximum Gasteiger partial charge on any atom is 0.102 e. The van der Waals surface area contributed by atoms with Crippen LogP contribution in [-0.4, -0.2) is 15.0 Å². The predicted molar refractivity (Wildman–Crippen MR) is 79.9 cm³/mol. The first-order valence-corrected chi connectivity index (χ1v) is 6.59. The van der Waals surface area contributed by atoms with Crippen LogP contribution in [0.1, 0.15) is 11.3 Å². The highest BCUT2D eigenvalue weighted by Gasteiger charge is 2.03. The maximum absolute atomic E-state index is 4.47. The molecule has 3 rings (SSSR count). The molecule has 1 N–H and O–H groups in total. The van der Waals surface area contributed by atoms with Gasteiger partial charge in [-0.15, -0.1) is 0 Å². The summed E-state index contributed by atoms with van der Waals surface area (Å²) in [5.41, 5.74) is 4.23. The number of aryl methyl sites for hydroxylation is 1. The zero-order valence-electron chi connectivity index (χ0n) is 11.3. The second-order valence-corrected chi connectivity index (χ2v) is 4.63. The quantitative estimate of drug-likeness (QED) is 0.787. The van der Waals surface area contributed by atoms with Crippen molar-refractivity contribution in [3.8, 4) is 5.69 Å². The first kappa shape index (κ1) is 12.4. The molecule has 100 valence electrons. The van der Waals surface area contributed by atoms with Gasteiger partial charge in [-0.1, -0.05) is 36.4 Å². The van der Waals surface area contributed by atoms with Crippen LogP contribution in [0.3, 0.4) is 0 Å². The molecule has 20 heavy (non-hydrogen) atoms. The number of nitrogens with one attached hydrogen (secondary N) is 1. The third-order valence-corrected chi connectivity index (χ3v) is 3.13. The van der Waals surface area contributed by atoms with Crippen molar-refractivity contribution in [1.29, 1.82) is 0 Å². The van der Waals surface area contributed by atoms with E-state index in [1.807, 2.05) is 42.5 Å². The van der Waals surface area contributed by atoms with Gasteiger partial charge in [0.15, 0.2) is 0 Å². The standard InChI is InChI=1S/C16H16N4/c1-13-7-5-6-10-16(13)17-11-14-12-18-20(19-14)15-8-3-2-4-9-15/h2-10,12,17H,11H2,1H3. The van der Waals surface area contributed by atoms with Gasteiger partial charge in [-0.3, -0.25) is 0 Å². The normalized spacial score (nSPS) is 10.4. The molecule has 3 aromatic rings. The summed E-state index contributed by atoms with van der Waals surface area (Å²) in [7, 11) is 0. The number of benzene rings is 2. The highest BCUT2D eigenvalue weighted by molar-refractivity contribution is 5.50. The Labute approximate surface area is 118 Å². The Hall–Kier alpha value is -2.62. The Morgan fingerprint density at radius 1 is 1.00 bits per heavy atom. The average Bonchev–Trinajstić information content (AvgIpc) is 2.96. The van der Waals surface area contributed by atoms with Crippen molar-refractivity contribution in [3.05, 3.63) is 72.1 Å². The molecule has 2 aromatic carbocycles. The molecule has 0 spiro atoms. The molecule has 1 aromatic heterocycles. The fourth-order valence-corrected chi connectivity index (χ4v) is 2.02. The lowest BCUT2D eigenvalue weighted by Crippen LogP contribution is -2.03. The topological polar surface area (TPSA) is 42.7 Å². The summed E-state index contributed by atoms with van der Waals surface area (Å²) in [4.78, 5) is 1.65. The summed E-state index contributed by atoms with van der Waals surface area (Å²) in [6.07, 6.45) is 1.79. The van der Waals surface area contributed by atoms with Crippen LogP contribution in [0.5, 0.6) is 0 Å². The van der Waals surface area contributed by atoms with Gasteiger partial charge in [0, 0.05) is 5.69 Å². The van der Waals surface area contributed by atoms with Crippen molar-refractivity contribution < 1.29 is 0 Å². The summed E-state index contributed by atoms with van der Waals surface area (Å²) in [5.74, 6) is 0. The van der Waals surface area contributed by atoms with Crippen LogP contribution >= 0.6 is 0 Å². The van der Waals surface area contributed by atoms with E-state index in [-0.39, 0.29) is 0 Å². The first-order valence-electron chi connectivity index (χ1n) is 6.59. The number of nitrogens with zero attached hydrogens (tertiary/aromatic N) is 3. The van der Waals surface area contributed by atoms with Crippen molar-refractivity contribution in [2.24, 2.45) is 0 Å². The summed E-state index contributed by atoms with van der Waals surface area (Å²) >= 11 is 0. The Morgan fingerprint density at radius 3 is 2.55 bits per heavy atom. The molecule has 0 aliphatic rings.